The van der Waals surface area contributed by atoms with E-state index in [1.807, 2.05) is 6.92 Å². The van der Waals surface area contributed by atoms with Gasteiger partial charge in [0, 0.05) is 24.1 Å². The van der Waals surface area contributed by atoms with Crippen LogP contribution in [0.4, 0.5) is 0 Å². The highest BCUT2D eigenvalue weighted by Crippen LogP contribution is 2.41. The quantitative estimate of drug-likeness (QED) is 0.772. The van der Waals surface area contributed by atoms with Crippen LogP contribution in [0.25, 0.3) is 0 Å². The minimum absolute atomic E-state index is 0.0126. The molecule has 0 spiro atoms. The molecule has 2 aliphatic rings. The third-order valence-corrected chi connectivity index (χ3v) is 6.52. The van der Waals surface area contributed by atoms with Gasteiger partial charge in [-0.2, -0.15) is 4.31 Å². The zero-order valence-corrected chi connectivity index (χ0v) is 14.4. The fourth-order valence-electron chi connectivity index (χ4n) is 3.38. The summed E-state index contributed by atoms with van der Waals surface area (Å²) < 4.78 is 27.5. The standard InChI is InChI=1S/C18H16N2O4S/c1-12-6-8-13(9-7-12)25(23,24)19-11-10-16(21)20-17(19)14-4-2-3-5-15(14)18(20)22/h2-9,17H,10-11H2,1H3/t17-/m1/s1. The first-order chi connectivity index (χ1) is 11.9. The molecule has 6 nitrogen and oxygen atoms in total. The highest BCUT2D eigenvalue weighted by atomic mass is 32.2. The van der Waals surface area contributed by atoms with E-state index >= 15 is 0 Å². The third kappa shape index (κ3) is 2.31. The molecule has 0 unspecified atom stereocenters. The summed E-state index contributed by atoms with van der Waals surface area (Å²) in [5.41, 5.74) is 1.89. The van der Waals surface area contributed by atoms with Gasteiger partial charge in [0.15, 0.2) is 0 Å². The second kappa shape index (κ2) is 5.50. The van der Waals surface area contributed by atoms with E-state index in [1.165, 1.54) is 4.31 Å². The van der Waals surface area contributed by atoms with Crippen LogP contribution in [0.1, 0.15) is 34.1 Å². The SMILES string of the molecule is Cc1ccc(S(=O)(=O)N2CCC(=O)N3C(=O)c4ccccc4[C@@H]32)cc1. The molecule has 2 amide bonds. The van der Waals surface area contributed by atoms with E-state index in [4.69, 9.17) is 0 Å². The summed E-state index contributed by atoms with van der Waals surface area (Å²) in [6, 6.07) is 13.3. The fraction of sp³-hybridized carbons (Fsp3) is 0.222. The van der Waals surface area contributed by atoms with Crippen LogP contribution in [0.15, 0.2) is 53.4 Å². The first-order valence-corrected chi connectivity index (χ1v) is 9.39. The summed E-state index contributed by atoms with van der Waals surface area (Å²) in [5.74, 6) is -0.782. The van der Waals surface area contributed by atoms with Crippen molar-refractivity contribution in [1.29, 1.82) is 0 Å². The van der Waals surface area contributed by atoms with E-state index in [2.05, 4.69) is 0 Å². The molecule has 2 aromatic carbocycles. The van der Waals surface area contributed by atoms with E-state index < -0.39 is 22.1 Å². The highest BCUT2D eigenvalue weighted by Gasteiger charge is 2.50. The van der Waals surface area contributed by atoms with E-state index in [-0.39, 0.29) is 23.8 Å². The monoisotopic (exact) mass is 356 g/mol. The van der Waals surface area contributed by atoms with Crippen LogP contribution < -0.4 is 0 Å². The van der Waals surface area contributed by atoms with Gasteiger partial charge >= 0.3 is 0 Å². The molecule has 4 rings (SSSR count). The number of benzene rings is 2. The maximum absolute atomic E-state index is 13.1. The lowest BCUT2D eigenvalue weighted by Crippen LogP contribution is -2.51. The number of amides is 2. The van der Waals surface area contributed by atoms with Crippen molar-refractivity contribution in [2.24, 2.45) is 0 Å². The Morgan fingerprint density at radius 3 is 2.40 bits per heavy atom. The van der Waals surface area contributed by atoms with Gasteiger partial charge in [0.2, 0.25) is 15.9 Å². The zero-order valence-electron chi connectivity index (χ0n) is 13.5. The van der Waals surface area contributed by atoms with Gasteiger partial charge in [-0.05, 0) is 25.1 Å². The Balaban J connectivity index is 1.84. The molecule has 128 valence electrons. The van der Waals surface area contributed by atoms with Crippen LogP contribution >= 0.6 is 0 Å². The highest BCUT2D eigenvalue weighted by molar-refractivity contribution is 7.89. The average Bonchev–Trinajstić information content (AvgIpc) is 2.90. The minimum atomic E-state index is -3.84. The molecule has 0 saturated carbocycles. The van der Waals surface area contributed by atoms with E-state index in [9.17, 15) is 18.0 Å². The van der Waals surface area contributed by atoms with Crippen molar-refractivity contribution in [3.8, 4) is 0 Å². The van der Waals surface area contributed by atoms with Crippen LogP contribution in [-0.2, 0) is 14.8 Å². The molecule has 0 aromatic heterocycles. The molecular weight excluding hydrogens is 340 g/mol. The topological polar surface area (TPSA) is 74.8 Å². The largest absolute Gasteiger partial charge is 0.274 e. The molecule has 2 heterocycles. The molecule has 7 heteroatoms. The molecule has 25 heavy (non-hydrogen) atoms. The summed E-state index contributed by atoms with van der Waals surface area (Å²) in [4.78, 5) is 26.1. The number of hydrogen-bond acceptors (Lipinski definition) is 4. The smallest absolute Gasteiger partial charge is 0.262 e. The van der Waals surface area contributed by atoms with E-state index in [1.54, 1.807) is 48.5 Å². The van der Waals surface area contributed by atoms with Crippen molar-refractivity contribution >= 4 is 21.8 Å². The molecule has 1 saturated heterocycles. The van der Waals surface area contributed by atoms with Crippen molar-refractivity contribution < 1.29 is 18.0 Å². The molecule has 1 fully saturated rings. The summed E-state index contributed by atoms with van der Waals surface area (Å²) >= 11 is 0. The number of carbonyl (C=O) groups excluding carboxylic acids is 2. The normalized spacial score (nSPS) is 20.5. The maximum Gasteiger partial charge on any atom is 0.262 e. The number of nitrogens with zero attached hydrogens (tertiary/aromatic N) is 2. The molecule has 1 atom stereocenters. The predicted octanol–water partition coefficient (Wildman–Crippen LogP) is 2.07. The van der Waals surface area contributed by atoms with Crippen LogP contribution in [-0.4, -0.2) is 36.0 Å². The van der Waals surface area contributed by atoms with Crippen molar-refractivity contribution in [2.75, 3.05) is 6.54 Å². The average molecular weight is 356 g/mol. The summed E-state index contributed by atoms with van der Waals surface area (Å²) in [7, 11) is -3.84. The maximum atomic E-state index is 13.1. The zero-order chi connectivity index (χ0) is 17.8. The van der Waals surface area contributed by atoms with Gasteiger partial charge in [-0.1, -0.05) is 35.9 Å². The van der Waals surface area contributed by atoms with Crippen molar-refractivity contribution in [2.45, 2.75) is 24.4 Å². The number of aryl methyl sites for hydroxylation is 1. The number of rotatable bonds is 2. The number of imide groups is 1. The summed E-state index contributed by atoms with van der Waals surface area (Å²) in [5, 5.41) is 0. The Kier molecular flexibility index (Phi) is 3.52. The lowest BCUT2D eigenvalue weighted by Gasteiger charge is -2.37. The van der Waals surface area contributed by atoms with Gasteiger partial charge in [-0.3, -0.25) is 14.5 Å². The van der Waals surface area contributed by atoms with Crippen LogP contribution in [0.5, 0.6) is 0 Å². The number of sulfonamides is 1. The van der Waals surface area contributed by atoms with Gasteiger partial charge in [-0.25, -0.2) is 8.42 Å². The van der Waals surface area contributed by atoms with Crippen LogP contribution in [0, 0.1) is 6.92 Å². The number of carbonyl (C=O) groups is 2. The Labute approximate surface area is 145 Å². The second-order valence-electron chi connectivity index (χ2n) is 6.21. The van der Waals surface area contributed by atoms with Gasteiger partial charge in [-0.15, -0.1) is 0 Å². The second-order valence-corrected chi connectivity index (χ2v) is 8.10. The van der Waals surface area contributed by atoms with Gasteiger partial charge in [0.1, 0.15) is 6.17 Å². The molecular formula is C18H16N2O4S. The lowest BCUT2D eigenvalue weighted by atomic mass is 10.1. The predicted molar refractivity (Wildman–Crippen MR) is 90.0 cm³/mol. The van der Waals surface area contributed by atoms with E-state index in [0.717, 1.165) is 10.5 Å². The van der Waals surface area contributed by atoms with E-state index in [0.29, 0.717) is 11.1 Å². The summed E-state index contributed by atoms with van der Waals surface area (Å²) in [6.45, 7) is 1.93. The van der Waals surface area contributed by atoms with Gasteiger partial charge in [0.05, 0.1) is 4.90 Å². The Bertz CT molecular complexity index is 982. The van der Waals surface area contributed by atoms with Gasteiger partial charge < -0.3 is 0 Å². The van der Waals surface area contributed by atoms with Gasteiger partial charge in [0.25, 0.3) is 5.91 Å². The molecule has 2 aromatic rings. The Hall–Kier alpha value is -2.51. The van der Waals surface area contributed by atoms with Crippen molar-refractivity contribution in [1.82, 2.24) is 9.21 Å². The molecule has 0 bridgehead atoms. The fourth-order valence-corrected chi connectivity index (χ4v) is 4.93. The van der Waals surface area contributed by atoms with Crippen molar-refractivity contribution in [3.05, 3.63) is 65.2 Å². The molecule has 2 aliphatic heterocycles. The number of hydrogen-bond donors (Lipinski definition) is 0. The lowest BCUT2D eigenvalue weighted by molar-refractivity contribution is -0.135. The number of fused-ring (bicyclic) bond motifs is 3. The molecule has 0 radical (unpaired) electrons. The van der Waals surface area contributed by atoms with Crippen LogP contribution in [0.3, 0.4) is 0 Å². The molecule has 0 N–H and O–H groups in total. The minimum Gasteiger partial charge on any atom is -0.274 e. The molecule has 0 aliphatic carbocycles. The first-order valence-electron chi connectivity index (χ1n) is 7.95. The van der Waals surface area contributed by atoms with Crippen LogP contribution in [0.2, 0.25) is 0 Å². The van der Waals surface area contributed by atoms with Crippen molar-refractivity contribution in [3.63, 3.8) is 0 Å². The summed E-state index contributed by atoms with van der Waals surface area (Å²) in [6.07, 6.45) is -0.919. The third-order valence-electron chi connectivity index (χ3n) is 4.65. The Morgan fingerprint density at radius 2 is 1.68 bits per heavy atom. The Morgan fingerprint density at radius 1 is 1.00 bits per heavy atom. The first kappa shape index (κ1) is 16.0.